The van der Waals surface area contributed by atoms with Crippen LogP contribution >= 0.6 is 0 Å². The number of benzene rings is 1. The number of hydrogen-bond acceptors (Lipinski definition) is 2. The second-order valence-corrected chi connectivity index (χ2v) is 1.57. The van der Waals surface area contributed by atoms with Crippen molar-refractivity contribution in [2.24, 2.45) is 0 Å². The molecule has 9 heavy (non-hydrogen) atoms. The topological polar surface area (TPSA) is 49.1 Å². The number of nitrogen functional groups attached to an aromatic ring is 1. The van der Waals surface area contributed by atoms with Crippen LogP contribution in [-0.2, 0) is 0 Å². The summed E-state index contributed by atoms with van der Waals surface area (Å²) in [7, 11) is 0. The van der Waals surface area contributed by atoms with Gasteiger partial charge >= 0.3 is 68.9 Å². The zero-order chi connectivity index (χ0) is 5.98. The molecule has 1 rings (SSSR count). The third-order valence-corrected chi connectivity index (χ3v) is 0.858. The molecule has 0 saturated carbocycles. The molecule has 0 aliphatic rings. The van der Waals surface area contributed by atoms with Gasteiger partial charge in [0.15, 0.2) is 0 Å². The van der Waals surface area contributed by atoms with Crippen molar-refractivity contribution in [1.29, 1.82) is 0 Å². The first-order valence-electron chi connectivity index (χ1n) is 2.31. The van der Waals surface area contributed by atoms with Gasteiger partial charge in [-0.15, -0.1) is 5.75 Å². The van der Waals surface area contributed by atoms with Gasteiger partial charge in [-0.2, -0.15) is 0 Å². The molecule has 0 saturated heterocycles. The first kappa shape index (κ1) is 9.87. The summed E-state index contributed by atoms with van der Waals surface area (Å²) < 4.78 is 0. The van der Waals surface area contributed by atoms with Crippen molar-refractivity contribution in [3.63, 3.8) is 0 Å². The molecule has 0 radical (unpaired) electrons. The van der Waals surface area contributed by atoms with E-state index in [1.54, 1.807) is 12.1 Å². The van der Waals surface area contributed by atoms with Crippen molar-refractivity contribution in [2.45, 2.75) is 0 Å². The predicted octanol–water partition coefficient (Wildman–Crippen LogP) is -2.65. The molecule has 0 atom stereocenters. The van der Waals surface area contributed by atoms with E-state index in [0.717, 1.165) is 0 Å². The number of anilines is 1. The molecule has 42 valence electrons. The monoisotopic (exact) mass is 241 g/mol. The van der Waals surface area contributed by atoms with E-state index in [-0.39, 0.29) is 74.6 Å². The summed E-state index contributed by atoms with van der Waals surface area (Å²) in [6.07, 6.45) is 0. The first-order chi connectivity index (χ1) is 3.79. The maximum Gasteiger partial charge on any atom is 1.00 e. The molecule has 1 aromatic carbocycles. The minimum absolute atomic E-state index is 0. The fourth-order valence-corrected chi connectivity index (χ4v) is 0.515. The van der Waals surface area contributed by atoms with E-state index in [2.05, 4.69) is 0 Å². The number of rotatable bonds is 0. The van der Waals surface area contributed by atoms with Crippen molar-refractivity contribution in [3.05, 3.63) is 24.3 Å². The molecule has 0 bridgehead atoms. The van der Waals surface area contributed by atoms with Gasteiger partial charge in [0, 0.05) is 5.69 Å². The van der Waals surface area contributed by atoms with Gasteiger partial charge in [0.2, 0.25) is 0 Å². The van der Waals surface area contributed by atoms with Crippen LogP contribution in [0.3, 0.4) is 0 Å². The fourth-order valence-electron chi connectivity index (χ4n) is 0.515. The molecule has 0 aromatic heterocycles. The Morgan fingerprint density at radius 1 is 1.33 bits per heavy atom. The van der Waals surface area contributed by atoms with Crippen molar-refractivity contribution >= 4 is 5.69 Å². The average molecular weight is 241 g/mol. The summed E-state index contributed by atoms with van der Waals surface area (Å²) in [6.45, 7) is 0. The van der Waals surface area contributed by atoms with Crippen molar-refractivity contribution < 1.29 is 74.0 Å². The van der Waals surface area contributed by atoms with Gasteiger partial charge in [-0.25, -0.2) is 0 Å². The summed E-state index contributed by atoms with van der Waals surface area (Å²) in [4.78, 5) is 0. The molecule has 2 nitrogen and oxygen atoms in total. The van der Waals surface area contributed by atoms with Gasteiger partial charge in [0.1, 0.15) is 0 Å². The van der Waals surface area contributed by atoms with Crippen molar-refractivity contribution in [1.82, 2.24) is 0 Å². The van der Waals surface area contributed by atoms with E-state index in [1.807, 2.05) is 0 Å². The third-order valence-electron chi connectivity index (χ3n) is 0.858. The number of hydrogen-bond donors (Lipinski definition) is 1. The Hall–Kier alpha value is 0.872. The van der Waals surface area contributed by atoms with Gasteiger partial charge in [-0.1, -0.05) is 12.1 Å². The molecule has 0 amide bonds. The van der Waals surface area contributed by atoms with Crippen LogP contribution in [-0.4, -0.2) is 0 Å². The molecular weight excluding hydrogens is 235 g/mol. The van der Waals surface area contributed by atoms with Crippen LogP contribution in [0.15, 0.2) is 24.3 Å². The Morgan fingerprint density at radius 3 is 2.33 bits per heavy atom. The molecule has 0 aliphatic heterocycles. The standard InChI is InChI=1S/C6H7NO.Cs/c7-5-2-1-3-6(8)4-5;/h1-4,8H,7H2;/q;+1/p-1. The number of nitrogens with two attached hydrogens (primary N) is 1. The SMILES string of the molecule is Nc1cccc([O-])c1.[Cs+]. The molecule has 3 heteroatoms. The zero-order valence-electron chi connectivity index (χ0n) is 5.29. The Bertz CT molecular complexity index is 173. The van der Waals surface area contributed by atoms with Gasteiger partial charge in [0.25, 0.3) is 0 Å². The van der Waals surface area contributed by atoms with Crippen LogP contribution < -0.4 is 79.7 Å². The third kappa shape index (κ3) is 3.54. The largest absolute Gasteiger partial charge is 1.00 e. The van der Waals surface area contributed by atoms with E-state index in [1.165, 1.54) is 12.1 Å². The van der Waals surface area contributed by atoms with Gasteiger partial charge in [-0.3, -0.25) is 0 Å². The minimum Gasteiger partial charge on any atom is -0.872 e. The van der Waals surface area contributed by atoms with E-state index in [9.17, 15) is 5.11 Å². The summed E-state index contributed by atoms with van der Waals surface area (Å²) in [5.74, 6) is -0.0370. The molecule has 0 unspecified atom stereocenters. The van der Waals surface area contributed by atoms with Crippen molar-refractivity contribution in [3.8, 4) is 5.75 Å². The van der Waals surface area contributed by atoms with E-state index in [0.29, 0.717) is 5.69 Å². The predicted molar refractivity (Wildman–Crippen MR) is 30.3 cm³/mol. The summed E-state index contributed by atoms with van der Waals surface area (Å²) in [5.41, 5.74) is 5.78. The molecule has 1 aromatic rings. The molecule has 0 heterocycles. The second-order valence-electron chi connectivity index (χ2n) is 1.57. The molecule has 0 aliphatic carbocycles. The maximum absolute atomic E-state index is 10.4. The normalized spacial score (nSPS) is 8.00. The average Bonchev–Trinajstić information content (AvgIpc) is 1.64. The minimum atomic E-state index is -0.0370. The van der Waals surface area contributed by atoms with Gasteiger partial charge in [0.05, 0.1) is 0 Å². The molecule has 2 N–H and O–H groups in total. The van der Waals surface area contributed by atoms with Crippen LogP contribution in [0.4, 0.5) is 5.69 Å². The van der Waals surface area contributed by atoms with Gasteiger partial charge in [-0.05, 0) is 12.1 Å². The maximum atomic E-state index is 10.4. The summed E-state index contributed by atoms with van der Waals surface area (Å²) in [6, 6.07) is 6.18. The molecular formula is C6H6CsNO. The van der Waals surface area contributed by atoms with Crippen LogP contribution in [0.25, 0.3) is 0 Å². The van der Waals surface area contributed by atoms with Crippen LogP contribution in [0.5, 0.6) is 5.75 Å². The van der Waals surface area contributed by atoms with Crippen LogP contribution in [0, 0.1) is 0 Å². The summed E-state index contributed by atoms with van der Waals surface area (Å²) in [5, 5.41) is 10.4. The smallest absolute Gasteiger partial charge is 0.872 e. The van der Waals surface area contributed by atoms with E-state index in [4.69, 9.17) is 5.73 Å². The van der Waals surface area contributed by atoms with Crippen molar-refractivity contribution in [2.75, 3.05) is 5.73 Å². The second kappa shape index (κ2) is 4.65. The zero-order valence-corrected chi connectivity index (χ0v) is 11.6. The first-order valence-corrected chi connectivity index (χ1v) is 2.31. The molecule has 0 spiro atoms. The summed E-state index contributed by atoms with van der Waals surface area (Å²) >= 11 is 0. The van der Waals surface area contributed by atoms with Crippen LogP contribution in [0.1, 0.15) is 0 Å². The Morgan fingerprint density at radius 2 is 2.00 bits per heavy atom. The quantitative estimate of drug-likeness (QED) is 0.504. The fraction of sp³-hybridized carbons (Fsp3) is 0. The Kier molecular flexibility index (Phi) is 5.10. The molecule has 0 fully saturated rings. The van der Waals surface area contributed by atoms with E-state index >= 15 is 0 Å². The van der Waals surface area contributed by atoms with Gasteiger partial charge < -0.3 is 10.8 Å². The Balaban J connectivity index is 0.000000640. The van der Waals surface area contributed by atoms with E-state index < -0.39 is 0 Å². The Labute approximate surface area is 113 Å². The van der Waals surface area contributed by atoms with Crippen LogP contribution in [0.2, 0.25) is 0 Å².